The molecule has 0 saturated heterocycles. The van der Waals surface area contributed by atoms with Crippen molar-refractivity contribution in [2.45, 2.75) is 10.6 Å². The summed E-state index contributed by atoms with van der Waals surface area (Å²) >= 11 is 10.8. The van der Waals surface area contributed by atoms with Crippen LogP contribution in [0.1, 0.15) is 5.56 Å². The molecule has 0 saturated carbocycles. The monoisotopic (exact) mass is 372 g/mol. The average molecular weight is 374 g/mol. The molecule has 0 aliphatic rings. The number of thioether (sulfide) groups is 1. The molecule has 0 bridgehead atoms. The molecule has 0 aliphatic heterocycles. The predicted octanol–water partition coefficient (Wildman–Crippen LogP) is 4.89. The number of nitrogens with zero attached hydrogens (tertiary/aromatic N) is 1. The molecule has 0 spiro atoms. The third-order valence-electron chi connectivity index (χ3n) is 2.59. The molecule has 0 atom stereocenters. The standard InChI is InChI=1S/C13H10BrClN2O2S/c14-13-8(2-1-3-11(13)17(18)19)7-20-12-6-9(16)4-5-10(12)15/h1-6H,7,16H2. The van der Waals surface area contributed by atoms with E-state index in [4.69, 9.17) is 17.3 Å². The fraction of sp³-hybridized carbons (Fsp3) is 0.0769. The maximum absolute atomic E-state index is 10.9. The van der Waals surface area contributed by atoms with E-state index in [9.17, 15) is 10.1 Å². The van der Waals surface area contributed by atoms with Crippen molar-refractivity contribution in [2.75, 3.05) is 5.73 Å². The van der Waals surface area contributed by atoms with Crippen LogP contribution in [0.4, 0.5) is 11.4 Å². The molecule has 2 rings (SSSR count). The minimum atomic E-state index is -0.411. The number of anilines is 1. The number of benzene rings is 2. The van der Waals surface area contributed by atoms with Crippen LogP contribution in [0.5, 0.6) is 0 Å². The molecule has 0 aromatic heterocycles. The first-order valence-corrected chi connectivity index (χ1v) is 7.74. The number of halogens is 2. The second-order valence-electron chi connectivity index (χ2n) is 3.99. The van der Waals surface area contributed by atoms with E-state index in [-0.39, 0.29) is 5.69 Å². The molecule has 0 heterocycles. The van der Waals surface area contributed by atoms with E-state index in [0.717, 1.165) is 10.5 Å². The van der Waals surface area contributed by atoms with Crippen LogP contribution >= 0.6 is 39.3 Å². The number of hydrogen-bond acceptors (Lipinski definition) is 4. The van der Waals surface area contributed by atoms with Gasteiger partial charge in [-0.15, -0.1) is 11.8 Å². The van der Waals surface area contributed by atoms with Crippen LogP contribution in [0, 0.1) is 10.1 Å². The summed E-state index contributed by atoms with van der Waals surface area (Å²) in [6.07, 6.45) is 0. The van der Waals surface area contributed by atoms with Crippen LogP contribution in [0.15, 0.2) is 45.8 Å². The lowest BCUT2D eigenvalue weighted by atomic mass is 10.2. The highest BCUT2D eigenvalue weighted by Crippen LogP contribution is 2.35. The van der Waals surface area contributed by atoms with E-state index in [1.165, 1.54) is 17.8 Å². The van der Waals surface area contributed by atoms with Gasteiger partial charge in [0, 0.05) is 22.4 Å². The van der Waals surface area contributed by atoms with Gasteiger partial charge in [-0.3, -0.25) is 10.1 Å². The third-order valence-corrected chi connectivity index (χ3v) is 5.05. The fourth-order valence-electron chi connectivity index (χ4n) is 1.60. The van der Waals surface area contributed by atoms with Crippen molar-refractivity contribution in [3.63, 3.8) is 0 Å². The zero-order valence-corrected chi connectivity index (χ0v) is 13.3. The summed E-state index contributed by atoms with van der Waals surface area (Å²) in [5.41, 5.74) is 7.25. The van der Waals surface area contributed by atoms with Crippen LogP contribution in [-0.2, 0) is 5.75 Å². The van der Waals surface area contributed by atoms with Crippen LogP contribution < -0.4 is 5.73 Å². The van der Waals surface area contributed by atoms with Crippen molar-refractivity contribution in [2.24, 2.45) is 0 Å². The first kappa shape index (κ1) is 15.2. The topological polar surface area (TPSA) is 69.2 Å². The summed E-state index contributed by atoms with van der Waals surface area (Å²) in [7, 11) is 0. The number of rotatable bonds is 4. The van der Waals surface area contributed by atoms with Gasteiger partial charge in [0.15, 0.2) is 0 Å². The van der Waals surface area contributed by atoms with Gasteiger partial charge in [0.2, 0.25) is 0 Å². The van der Waals surface area contributed by atoms with Crippen LogP contribution in [0.2, 0.25) is 5.02 Å². The molecule has 0 fully saturated rings. The maximum atomic E-state index is 10.9. The lowest BCUT2D eigenvalue weighted by molar-refractivity contribution is -0.385. The van der Waals surface area contributed by atoms with Crippen molar-refractivity contribution in [3.8, 4) is 0 Å². The Bertz CT molecular complexity index is 667. The second kappa shape index (κ2) is 6.47. The lowest BCUT2D eigenvalue weighted by Gasteiger charge is -2.07. The van der Waals surface area contributed by atoms with E-state index < -0.39 is 4.92 Å². The molecule has 0 amide bonds. The highest BCUT2D eigenvalue weighted by atomic mass is 79.9. The van der Waals surface area contributed by atoms with E-state index >= 15 is 0 Å². The minimum Gasteiger partial charge on any atom is -0.399 e. The predicted molar refractivity (Wildman–Crippen MR) is 86.2 cm³/mol. The van der Waals surface area contributed by atoms with E-state index in [1.54, 1.807) is 24.3 Å². The van der Waals surface area contributed by atoms with Crippen LogP contribution in [0.3, 0.4) is 0 Å². The number of nitro benzene ring substituents is 1. The van der Waals surface area contributed by atoms with Gasteiger partial charge in [-0.25, -0.2) is 0 Å². The Balaban J connectivity index is 2.21. The molecule has 2 N–H and O–H groups in total. The molecule has 20 heavy (non-hydrogen) atoms. The van der Waals surface area contributed by atoms with Crippen molar-refractivity contribution in [3.05, 3.63) is 61.6 Å². The Morgan fingerprint density at radius 1 is 1.35 bits per heavy atom. The molecule has 0 radical (unpaired) electrons. The Kier molecular flexibility index (Phi) is 4.91. The number of nitrogen functional groups attached to an aromatic ring is 1. The number of hydrogen-bond donors (Lipinski definition) is 1. The van der Waals surface area contributed by atoms with Gasteiger partial charge in [-0.1, -0.05) is 23.7 Å². The van der Waals surface area contributed by atoms with E-state index in [1.807, 2.05) is 6.07 Å². The van der Waals surface area contributed by atoms with Crippen molar-refractivity contribution < 1.29 is 4.92 Å². The second-order valence-corrected chi connectivity index (χ2v) is 6.20. The first-order valence-electron chi connectivity index (χ1n) is 5.58. The van der Waals surface area contributed by atoms with Crippen LogP contribution in [-0.4, -0.2) is 4.92 Å². The molecule has 0 aliphatic carbocycles. The molecule has 2 aromatic carbocycles. The lowest BCUT2D eigenvalue weighted by Crippen LogP contribution is -1.93. The summed E-state index contributed by atoms with van der Waals surface area (Å²) in [6, 6.07) is 10.2. The minimum absolute atomic E-state index is 0.0572. The maximum Gasteiger partial charge on any atom is 0.283 e. The Morgan fingerprint density at radius 2 is 2.10 bits per heavy atom. The molecular weight excluding hydrogens is 364 g/mol. The van der Waals surface area contributed by atoms with Crippen molar-refractivity contribution in [1.29, 1.82) is 0 Å². The molecule has 2 aromatic rings. The molecule has 7 heteroatoms. The Labute approximate surface area is 133 Å². The van der Waals surface area contributed by atoms with Gasteiger partial charge in [0.1, 0.15) is 0 Å². The van der Waals surface area contributed by atoms with Gasteiger partial charge < -0.3 is 5.73 Å². The average Bonchev–Trinajstić information content (AvgIpc) is 2.41. The first-order chi connectivity index (χ1) is 9.49. The third kappa shape index (κ3) is 3.45. The summed E-state index contributed by atoms with van der Waals surface area (Å²) in [5, 5.41) is 11.5. The van der Waals surface area contributed by atoms with Gasteiger partial charge in [-0.2, -0.15) is 0 Å². The Morgan fingerprint density at radius 3 is 2.80 bits per heavy atom. The smallest absolute Gasteiger partial charge is 0.283 e. The summed E-state index contributed by atoms with van der Waals surface area (Å²) < 4.78 is 0.498. The largest absolute Gasteiger partial charge is 0.399 e. The SMILES string of the molecule is Nc1ccc(Cl)c(SCc2cccc([N+](=O)[O-])c2Br)c1. The zero-order valence-electron chi connectivity index (χ0n) is 10.2. The quantitative estimate of drug-likeness (QED) is 0.359. The van der Waals surface area contributed by atoms with E-state index in [0.29, 0.717) is 20.9 Å². The van der Waals surface area contributed by atoms with Crippen molar-refractivity contribution >= 4 is 50.7 Å². The highest BCUT2D eigenvalue weighted by Gasteiger charge is 2.15. The van der Waals surface area contributed by atoms with Gasteiger partial charge >= 0.3 is 0 Å². The van der Waals surface area contributed by atoms with Gasteiger partial charge in [0.25, 0.3) is 5.69 Å². The number of nitro groups is 1. The zero-order chi connectivity index (χ0) is 14.7. The van der Waals surface area contributed by atoms with Crippen molar-refractivity contribution in [1.82, 2.24) is 0 Å². The molecule has 0 unspecified atom stereocenters. The Hall–Kier alpha value is -1.24. The molecule has 4 nitrogen and oxygen atoms in total. The normalized spacial score (nSPS) is 10.5. The summed E-state index contributed by atoms with van der Waals surface area (Å²) in [6.45, 7) is 0. The van der Waals surface area contributed by atoms with Crippen LogP contribution in [0.25, 0.3) is 0 Å². The molecular formula is C13H10BrClN2O2S. The van der Waals surface area contributed by atoms with Gasteiger partial charge in [-0.05, 0) is 39.7 Å². The van der Waals surface area contributed by atoms with E-state index in [2.05, 4.69) is 15.9 Å². The highest BCUT2D eigenvalue weighted by molar-refractivity contribution is 9.10. The fourth-order valence-corrected chi connectivity index (χ4v) is 3.60. The van der Waals surface area contributed by atoms with Gasteiger partial charge in [0.05, 0.1) is 14.4 Å². The summed E-state index contributed by atoms with van der Waals surface area (Å²) in [5.74, 6) is 0.561. The number of nitrogens with two attached hydrogens (primary N) is 1. The summed E-state index contributed by atoms with van der Waals surface area (Å²) in [4.78, 5) is 11.3. The molecule has 104 valence electrons.